The van der Waals surface area contributed by atoms with Crippen molar-refractivity contribution in [3.05, 3.63) is 59.7 Å². The van der Waals surface area contributed by atoms with Crippen LogP contribution in [0, 0.1) is 11.6 Å². The Morgan fingerprint density at radius 1 is 1.06 bits per heavy atom. The lowest BCUT2D eigenvalue weighted by Gasteiger charge is -2.34. The zero-order chi connectivity index (χ0) is 23.5. The lowest BCUT2D eigenvalue weighted by Crippen LogP contribution is -2.47. The summed E-state index contributed by atoms with van der Waals surface area (Å²) in [6.45, 7) is 5.52. The van der Waals surface area contributed by atoms with E-state index >= 15 is 0 Å². The van der Waals surface area contributed by atoms with Crippen LogP contribution in [0.5, 0.6) is 0 Å². The first-order chi connectivity index (χ1) is 15.1. The summed E-state index contributed by atoms with van der Waals surface area (Å²) in [4.78, 5) is 17.3. The molecule has 1 unspecified atom stereocenters. The van der Waals surface area contributed by atoms with Crippen LogP contribution < -0.4 is 14.5 Å². The Hall–Kier alpha value is -2.72. The highest BCUT2D eigenvalue weighted by Gasteiger charge is 2.29. The largest absolute Gasteiger partial charge is 0.369 e. The van der Waals surface area contributed by atoms with Crippen molar-refractivity contribution in [2.45, 2.75) is 19.5 Å². The van der Waals surface area contributed by atoms with Crippen molar-refractivity contribution in [1.82, 2.24) is 10.2 Å². The van der Waals surface area contributed by atoms with Gasteiger partial charge in [0.15, 0.2) is 11.6 Å². The maximum Gasteiger partial charge on any atom is 0.243 e. The van der Waals surface area contributed by atoms with Crippen molar-refractivity contribution >= 4 is 27.3 Å². The number of carbonyl (C=O) groups is 1. The topological polar surface area (TPSA) is 73.0 Å². The molecule has 0 aliphatic carbocycles. The van der Waals surface area contributed by atoms with Gasteiger partial charge in [-0.3, -0.25) is 9.10 Å². The number of rotatable bonds is 7. The zero-order valence-electron chi connectivity index (χ0n) is 18.4. The first kappa shape index (κ1) is 23.9. The van der Waals surface area contributed by atoms with E-state index in [1.54, 1.807) is 0 Å². The van der Waals surface area contributed by atoms with E-state index in [9.17, 15) is 22.0 Å². The second-order valence-corrected chi connectivity index (χ2v) is 9.87. The molecule has 1 atom stereocenters. The van der Waals surface area contributed by atoms with E-state index in [2.05, 4.69) is 22.2 Å². The van der Waals surface area contributed by atoms with Crippen molar-refractivity contribution in [2.75, 3.05) is 48.7 Å². The van der Waals surface area contributed by atoms with Gasteiger partial charge in [-0.05, 0) is 43.8 Å². The van der Waals surface area contributed by atoms with Gasteiger partial charge in [0, 0.05) is 44.5 Å². The van der Waals surface area contributed by atoms with Crippen LogP contribution in [0.3, 0.4) is 0 Å². The minimum Gasteiger partial charge on any atom is -0.369 e. The minimum absolute atomic E-state index is 0.120. The number of hydrogen-bond acceptors (Lipinski definition) is 5. The summed E-state index contributed by atoms with van der Waals surface area (Å²) in [6.07, 6.45) is 0.912. The molecule has 1 fully saturated rings. The minimum atomic E-state index is -3.92. The Kier molecular flexibility index (Phi) is 7.35. The van der Waals surface area contributed by atoms with Crippen LogP contribution in [0.4, 0.5) is 20.2 Å². The molecular weight excluding hydrogens is 438 g/mol. The van der Waals surface area contributed by atoms with Gasteiger partial charge in [0.05, 0.1) is 11.9 Å². The second-order valence-electron chi connectivity index (χ2n) is 8.01. The fourth-order valence-electron chi connectivity index (χ4n) is 3.66. The predicted octanol–water partition coefficient (Wildman–Crippen LogP) is 2.19. The monoisotopic (exact) mass is 466 g/mol. The van der Waals surface area contributed by atoms with Crippen LogP contribution in [-0.2, 0) is 21.4 Å². The normalized spacial score (nSPS) is 16.0. The third kappa shape index (κ3) is 5.74. The summed E-state index contributed by atoms with van der Waals surface area (Å²) in [5.74, 6) is -2.84. The Morgan fingerprint density at radius 3 is 2.25 bits per heavy atom. The van der Waals surface area contributed by atoms with Crippen LogP contribution in [0.15, 0.2) is 42.5 Å². The number of nitrogens with one attached hydrogen (secondary N) is 1. The first-order valence-corrected chi connectivity index (χ1v) is 12.2. The summed E-state index contributed by atoms with van der Waals surface area (Å²) >= 11 is 0. The zero-order valence-corrected chi connectivity index (χ0v) is 19.2. The maximum absolute atomic E-state index is 13.6. The third-order valence-electron chi connectivity index (χ3n) is 5.52. The molecule has 0 radical (unpaired) electrons. The van der Waals surface area contributed by atoms with Crippen LogP contribution in [-0.4, -0.2) is 64.7 Å². The lowest BCUT2D eigenvalue weighted by atomic mass is 10.1. The van der Waals surface area contributed by atoms with Gasteiger partial charge in [-0.1, -0.05) is 12.1 Å². The van der Waals surface area contributed by atoms with Crippen LogP contribution in [0.25, 0.3) is 0 Å². The molecule has 2 aromatic carbocycles. The fraction of sp³-hybridized carbons (Fsp3) is 0.409. The summed E-state index contributed by atoms with van der Waals surface area (Å²) in [5.41, 5.74) is 1.86. The predicted molar refractivity (Wildman–Crippen MR) is 121 cm³/mol. The van der Waals surface area contributed by atoms with Crippen molar-refractivity contribution in [1.29, 1.82) is 0 Å². The van der Waals surface area contributed by atoms with E-state index in [4.69, 9.17) is 0 Å². The second kappa shape index (κ2) is 9.83. The van der Waals surface area contributed by atoms with Gasteiger partial charge in [0.25, 0.3) is 0 Å². The molecule has 1 amide bonds. The number of hydrogen-bond donors (Lipinski definition) is 1. The highest BCUT2D eigenvalue weighted by molar-refractivity contribution is 7.92. The lowest BCUT2D eigenvalue weighted by molar-refractivity contribution is -0.122. The SMILES string of the molecule is CC(C(=O)NCc1ccc(N2CCN(C)CC2)cc1)N(c1ccc(F)c(F)c1)S(C)(=O)=O. The number of amides is 1. The molecule has 7 nitrogen and oxygen atoms in total. The summed E-state index contributed by atoms with van der Waals surface area (Å²) in [7, 11) is -1.82. The Balaban J connectivity index is 1.65. The number of benzene rings is 2. The molecule has 3 rings (SSSR count). The number of sulfonamides is 1. The first-order valence-electron chi connectivity index (χ1n) is 10.3. The molecule has 1 N–H and O–H groups in total. The average Bonchev–Trinajstić information content (AvgIpc) is 2.74. The molecular formula is C22H28F2N4O3S. The van der Waals surface area contributed by atoms with Gasteiger partial charge in [0.2, 0.25) is 15.9 Å². The molecule has 10 heteroatoms. The molecule has 0 saturated carbocycles. The molecule has 0 spiro atoms. The smallest absolute Gasteiger partial charge is 0.243 e. The van der Waals surface area contributed by atoms with E-state index in [1.807, 2.05) is 24.3 Å². The summed E-state index contributed by atoms with van der Waals surface area (Å²) < 4.78 is 52.2. The van der Waals surface area contributed by atoms with Gasteiger partial charge in [-0.2, -0.15) is 0 Å². The number of anilines is 2. The number of nitrogens with zero attached hydrogens (tertiary/aromatic N) is 3. The number of halogens is 2. The number of piperazine rings is 1. The van der Waals surface area contributed by atoms with E-state index in [1.165, 1.54) is 6.92 Å². The van der Waals surface area contributed by atoms with E-state index in [0.717, 1.165) is 66.2 Å². The van der Waals surface area contributed by atoms with Crippen LogP contribution >= 0.6 is 0 Å². The molecule has 1 aliphatic heterocycles. The highest BCUT2D eigenvalue weighted by Crippen LogP contribution is 2.23. The van der Waals surface area contributed by atoms with Gasteiger partial charge in [-0.25, -0.2) is 17.2 Å². The summed E-state index contributed by atoms with van der Waals surface area (Å²) in [5, 5.41) is 2.72. The van der Waals surface area contributed by atoms with E-state index < -0.39 is 33.6 Å². The Bertz CT molecular complexity index is 1060. The Labute approximate surface area is 187 Å². The quantitative estimate of drug-likeness (QED) is 0.677. The molecule has 0 bridgehead atoms. The van der Waals surface area contributed by atoms with Crippen molar-refractivity contribution in [3.8, 4) is 0 Å². The Morgan fingerprint density at radius 2 is 1.69 bits per heavy atom. The molecule has 1 aliphatic rings. The van der Waals surface area contributed by atoms with Gasteiger partial charge < -0.3 is 15.1 Å². The molecule has 1 heterocycles. The fourth-order valence-corrected chi connectivity index (χ4v) is 4.82. The molecule has 32 heavy (non-hydrogen) atoms. The van der Waals surface area contributed by atoms with Gasteiger partial charge in [-0.15, -0.1) is 0 Å². The standard InChI is InChI=1S/C22H28F2N4O3S/c1-16(28(32(3,30)31)19-8-9-20(23)21(24)14-19)22(29)25-15-17-4-6-18(7-5-17)27-12-10-26(2)11-13-27/h4-9,14,16H,10-13,15H2,1-3H3,(H,25,29). The summed E-state index contributed by atoms with van der Waals surface area (Å²) in [6, 6.07) is 9.40. The van der Waals surface area contributed by atoms with Crippen LogP contribution in [0.1, 0.15) is 12.5 Å². The molecule has 2 aromatic rings. The number of likely N-dealkylation sites (N-methyl/N-ethyl adjacent to an activating group) is 1. The maximum atomic E-state index is 13.6. The van der Waals surface area contributed by atoms with Gasteiger partial charge >= 0.3 is 0 Å². The number of carbonyl (C=O) groups excluding carboxylic acids is 1. The third-order valence-corrected chi connectivity index (χ3v) is 6.76. The highest BCUT2D eigenvalue weighted by atomic mass is 32.2. The van der Waals surface area contributed by atoms with E-state index in [-0.39, 0.29) is 12.2 Å². The van der Waals surface area contributed by atoms with E-state index in [0.29, 0.717) is 0 Å². The molecule has 0 aromatic heterocycles. The average molecular weight is 467 g/mol. The van der Waals surface area contributed by atoms with Gasteiger partial charge in [0.1, 0.15) is 6.04 Å². The molecule has 1 saturated heterocycles. The molecule has 174 valence electrons. The van der Waals surface area contributed by atoms with Crippen molar-refractivity contribution in [2.24, 2.45) is 0 Å². The van der Waals surface area contributed by atoms with Crippen LogP contribution in [0.2, 0.25) is 0 Å². The van der Waals surface area contributed by atoms with Crippen molar-refractivity contribution in [3.63, 3.8) is 0 Å². The van der Waals surface area contributed by atoms with Crippen molar-refractivity contribution < 1.29 is 22.0 Å².